The van der Waals surface area contributed by atoms with E-state index in [-0.39, 0.29) is 29.7 Å². The third kappa shape index (κ3) is 11.0. The van der Waals surface area contributed by atoms with Crippen molar-refractivity contribution in [1.29, 1.82) is 0 Å². The molecule has 0 aromatic carbocycles. The fourth-order valence-electron chi connectivity index (χ4n) is 12.3. The number of esters is 1. The molecule has 2 unspecified atom stereocenters. The Morgan fingerprint density at radius 3 is 2.06 bits per heavy atom. The molecule has 0 radical (unpaired) electrons. The SMILES string of the molecule is CCCCCCC(O)CCCCCCCCCCC(=O)OC1C[C@@H](O)C[C@H]2CC[C@@H]3[C@@H]4CC[C@H]([C@H](C)CCCC(C)C)[C@@]4(C)CC[C@@H]3[C@@]12C. The first kappa shape index (κ1) is 41.2. The van der Waals surface area contributed by atoms with E-state index in [1.165, 1.54) is 116 Å². The van der Waals surface area contributed by atoms with Crippen molar-refractivity contribution in [3.8, 4) is 0 Å². The molecule has 0 heterocycles. The zero-order valence-electron chi connectivity index (χ0n) is 33.4. The number of rotatable bonds is 22. The molecule has 0 spiro atoms. The number of fused-ring (bicyclic) bond motifs is 5. The minimum absolute atomic E-state index is 0.00516. The Kier molecular flexibility index (Phi) is 16.8. The molecule has 0 bridgehead atoms. The average molecular weight is 687 g/mol. The summed E-state index contributed by atoms with van der Waals surface area (Å²) in [5.74, 6) is 5.14. The Labute approximate surface area is 304 Å². The van der Waals surface area contributed by atoms with E-state index in [1.807, 2.05) is 0 Å². The van der Waals surface area contributed by atoms with E-state index >= 15 is 0 Å². The number of hydrogen-bond donors (Lipinski definition) is 2. The van der Waals surface area contributed by atoms with Crippen molar-refractivity contribution in [3.63, 3.8) is 0 Å². The van der Waals surface area contributed by atoms with Gasteiger partial charge in [-0.3, -0.25) is 4.79 Å². The maximum atomic E-state index is 13.3. The summed E-state index contributed by atoms with van der Waals surface area (Å²) in [4.78, 5) is 13.3. The lowest BCUT2D eigenvalue weighted by Crippen LogP contribution is -2.60. The van der Waals surface area contributed by atoms with Gasteiger partial charge in [0.05, 0.1) is 12.2 Å². The highest BCUT2D eigenvalue weighted by atomic mass is 16.5. The average Bonchev–Trinajstić information content (AvgIpc) is 3.41. The Morgan fingerprint density at radius 1 is 0.735 bits per heavy atom. The molecule has 11 atom stereocenters. The zero-order chi connectivity index (χ0) is 35.4. The van der Waals surface area contributed by atoms with Crippen molar-refractivity contribution in [3.05, 3.63) is 0 Å². The number of aliphatic hydroxyl groups is 2. The highest BCUT2D eigenvalue weighted by Crippen LogP contribution is 2.68. The van der Waals surface area contributed by atoms with Crippen LogP contribution in [0.25, 0.3) is 0 Å². The summed E-state index contributed by atoms with van der Waals surface area (Å²) >= 11 is 0. The topological polar surface area (TPSA) is 66.8 Å². The first-order valence-electron chi connectivity index (χ1n) is 22.1. The fourth-order valence-corrected chi connectivity index (χ4v) is 12.3. The van der Waals surface area contributed by atoms with Gasteiger partial charge in [-0.2, -0.15) is 0 Å². The van der Waals surface area contributed by atoms with E-state index in [0.717, 1.165) is 68.1 Å². The van der Waals surface area contributed by atoms with Crippen molar-refractivity contribution in [1.82, 2.24) is 0 Å². The van der Waals surface area contributed by atoms with Crippen LogP contribution in [0.2, 0.25) is 0 Å². The minimum atomic E-state index is -0.335. The lowest BCUT2D eigenvalue weighted by molar-refractivity contribution is -0.203. The molecular formula is C45H82O4. The van der Waals surface area contributed by atoms with Gasteiger partial charge in [0, 0.05) is 18.3 Å². The van der Waals surface area contributed by atoms with Crippen molar-refractivity contribution >= 4 is 5.97 Å². The number of ether oxygens (including phenoxy) is 1. The van der Waals surface area contributed by atoms with E-state index in [2.05, 4.69) is 41.5 Å². The van der Waals surface area contributed by atoms with Gasteiger partial charge in [-0.1, -0.05) is 131 Å². The van der Waals surface area contributed by atoms with Crippen LogP contribution in [0, 0.1) is 52.3 Å². The molecule has 0 aliphatic heterocycles. The second-order valence-electron chi connectivity index (χ2n) is 19.0. The summed E-state index contributed by atoms with van der Waals surface area (Å²) in [6.45, 7) is 14.7. The Hall–Kier alpha value is -0.610. The van der Waals surface area contributed by atoms with E-state index in [4.69, 9.17) is 4.74 Å². The van der Waals surface area contributed by atoms with Crippen LogP contribution < -0.4 is 0 Å². The first-order valence-corrected chi connectivity index (χ1v) is 22.1. The Morgan fingerprint density at radius 2 is 1.39 bits per heavy atom. The second kappa shape index (κ2) is 20.0. The van der Waals surface area contributed by atoms with Crippen LogP contribution in [0.15, 0.2) is 0 Å². The van der Waals surface area contributed by atoms with Crippen LogP contribution in [0.5, 0.6) is 0 Å². The summed E-state index contributed by atoms with van der Waals surface area (Å²) in [6, 6.07) is 0. The molecule has 4 aliphatic carbocycles. The van der Waals surface area contributed by atoms with Gasteiger partial charge in [-0.25, -0.2) is 0 Å². The van der Waals surface area contributed by atoms with Gasteiger partial charge in [0.1, 0.15) is 6.10 Å². The van der Waals surface area contributed by atoms with E-state index in [0.29, 0.717) is 30.1 Å². The quantitative estimate of drug-likeness (QED) is 0.0878. The molecule has 4 fully saturated rings. The number of carbonyl (C=O) groups excluding carboxylic acids is 1. The van der Waals surface area contributed by atoms with Gasteiger partial charge < -0.3 is 14.9 Å². The third-order valence-corrected chi connectivity index (χ3v) is 15.2. The summed E-state index contributed by atoms with van der Waals surface area (Å²) in [5, 5.41) is 21.1. The Bertz CT molecular complexity index is 948. The lowest BCUT2D eigenvalue weighted by Gasteiger charge is -2.62. The monoisotopic (exact) mass is 687 g/mol. The second-order valence-corrected chi connectivity index (χ2v) is 19.0. The van der Waals surface area contributed by atoms with E-state index < -0.39 is 0 Å². The standard InChI is InChI=1S/C45H82O4/c1-7-8-9-16-22-36(46)23-17-14-12-10-11-13-15-18-24-43(48)49-42-32-37(47)31-35-25-26-38-40-28-27-39(34(4)21-19-20-33(2)3)44(40,5)30-29-41(38)45(35,42)6/h33-42,46-47H,7-32H2,1-6H3/t34-,35-,36?,37+,38-,39-,40+,41+,42?,44-,45+/m1/s1. The summed E-state index contributed by atoms with van der Waals surface area (Å²) in [6.07, 6.45) is 29.8. The minimum Gasteiger partial charge on any atom is -0.462 e. The highest BCUT2D eigenvalue weighted by molar-refractivity contribution is 5.69. The molecule has 4 saturated carbocycles. The molecule has 4 heteroatoms. The van der Waals surface area contributed by atoms with Crippen molar-refractivity contribution < 1.29 is 19.7 Å². The number of hydrogen-bond acceptors (Lipinski definition) is 4. The van der Waals surface area contributed by atoms with E-state index in [1.54, 1.807) is 0 Å². The normalized spacial score (nSPS) is 35.4. The van der Waals surface area contributed by atoms with Crippen LogP contribution in [0.3, 0.4) is 0 Å². The maximum Gasteiger partial charge on any atom is 0.306 e. The molecule has 286 valence electrons. The van der Waals surface area contributed by atoms with E-state index in [9.17, 15) is 15.0 Å². The van der Waals surface area contributed by atoms with Crippen molar-refractivity contribution in [2.75, 3.05) is 0 Å². The summed E-state index contributed by atoms with van der Waals surface area (Å²) < 4.78 is 6.45. The van der Waals surface area contributed by atoms with Crippen LogP contribution in [-0.2, 0) is 9.53 Å². The predicted molar refractivity (Wildman–Crippen MR) is 205 cm³/mol. The van der Waals surface area contributed by atoms with Crippen LogP contribution in [0.1, 0.15) is 208 Å². The predicted octanol–water partition coefficient (Wildman–Crippen LogP) is 12.2. The lowest BCUT2D eigenvalue weighted by atomic mass is 9.43. The largest absolute Gasteiger partial charge is 0.462 e. The maximum absolute atomic E-state index is 13.3. The molecule has 4 rings (SSSR count). The van der Waals surface area contributed by atoms with Gasteiger partial charge in [0.2, 0.25) is 0 Å². The van der Waals surface area contributed by atoms with Crippen LogP contribution >= 0.6 is 0 Å². The number of unbranched alkanes of at least 4 members (excludes halogenated alkanes) is 10. The molecule has 0 aromatic rings. The number of carbonyl (C=O) groups is 1. The van der Waals surface area contributed by atoms with Gasteiger partial charge >= 0.3 is 5.97 Å². The molecule has 49 heavy (non-hydrogen) atoms. The van der Waals surface area contributed by atoms with Crippen molar-refractivity contribution in [2.24, 2.45) is 52.3 Å². The fraction of sp³-hybridized carbons (Fsp3) is 0.978. The third-order valence-electron chi connectivity index (χ3n) is 15.2. The summed E-state index contributed by atoms with van der Waals surface area (Å²) in [5.41, 5.74) is 0.475. The molecular weight excluding hydrogens is 604 g/mol. The molecule has 2 N–H and O–H groups in total. The first-order chi connectivity index (χ1) is 23.5. The number of aliphatic hydroxyl groups excluding tert-OH is 2. The van der Waals surface area contributed by atoms with Gasteiger partial charge in [0.25, 0.3) is 0 Å². The molecule has 0 amide bonds. The highest BCUT2D eigenvalue weighted by Gasteiger charge is 2.63. The van der Waals surface area contributed by atoms with Gasteiger partial charge in [-0.15, -0.1) is 0 Å². The van der Waals surface area contributed by atoms with Gasteiger partial charge in [0.15, 0.2) is 0 Å². The smallest absolute Gasteiger partial charge is 0.306 e. The Balaban J connectivity index is 1.19. The van der Waals surface area contributed by atoms with Crippen molar-refractivity contribution in [2.45, 2.75) is 227 Å². The summed E-state index contributed by atoms with van der Waals surface area (Å²) in [7, 11) is 0. The van der Waals surface area contributed by atoms with Crippen LogP contribution in [-0.4, -0.2) is 34.5 Å². The molecule has 4 aliphatic rings. The molecule has 0 aromatic heterocycles. The molecule has 4 nitrogen and oxygen atoms in total. The zero-order valence-corrected chi connectivity index (χ0v) is 33.4. The molecule has 0 saturated heterocycles. The van der Waals surface area contributed by atoms with Crippen LogP contribution in [0.4, 0.5) is 0 Å². The van der Waals surface area contributed by atoms with Gasteiger partial charge in [-0.05, 0) is 111 Å².